The summed E-state index contributed by atoms with van der Waals surface area (Å²) in [4.78, 5) is 1.03. The minimum atomic E-state index is -0.139. The number of nitriles is 1. The Labute approximate surface area is 468 Å². The molecule has 3 nitrogen and oxygen atoms in total. The van der Waals surface area contributed by atoms with Crippen molar-refractivity contribution in [1.82, 2.24) is 0 Å². The number of fused-ring (bicyclic) bond motifs is 7. The summed E-state index contributed by atoms with van der Waals surface area (Å²) in [5, 5.41) is 18.1. The number of nitrogens with zero attached hydrogens (tertiary/aromatic N) is 1. The van der Waals surface area contributed by atoms with Crippen LogP contribution in [0.5, 0.6) is 0 Å². The van der Waals surface area contributed by atoms with Crippen LogP contribution < -0.4 is 11.1 Å². The normalized spacial score (nSPS) is 18.9. The number of anilines is 1. The Morgan fingerprint density at radius 3 is 2.21 bits per heavy atom. The second-order valence-electron chi connectivity index (χ2n) is 22.4. The van der Waals surface area contributed by atoms with Crippen molar-refractivity contribution in [3.05, 3.63) is 219 Å². The van der Waals surface area contributed by atoms with Crippen LogP contribution in [0.15, 0.2) is 180 Å². The second kappa shape index (κ2) is 23.7. The average Bonchev–Trinajstić information content (AvgIpc) is 4.02. The average molecular weight is 1050 g/mol. The van der Waals surface area contributed by atoms with E-state index in [9.17, 15) is 5.26 Å². The third-order valence-electron chi connectivity index (χ3n) is 17.5. The van der Waals surface area contributed by atoms with Gasteiger partial charge in [-0.05, 0) is 191 Å². The number of benzene rings is 6. The van der Waals surface area contributed by atoms with Crippen molar-refractivity contribution >= 4 is 49.8 Å². The molecule has 4 aliphatic carbocycles. The van der Waals surface area contributed by atoms with Crippen molar-refractivity contribution < 1.29 is 0 Å². The van der Waals surface area contributed by atoms with Gasteiger partial charge in [-0.15, -0.1) is 24.0 Å². The molecule has 390 valence electrons. The van der Waals surface area contributed by atoms with E-state index in [1.807, 2.05) is 23.5 Å². The zero-order valence-corrected chi connectivity index (χ0v) is 47.2. The topological polar surface area (TPSA) is 61.8 Å². The molecule has 1 aromatic heterocycles. The number of hydrogen-bond acceptors (Lipinski definition) is 5. The summed E-state index contributed by atoms with van der Waals surface area (Å²) >= 11 is 7.24. The maximum absolute atomic E-state index is 10.8. The second-order valence-corrected chi connectivity index (χ2v) is 23.9. The molecule has 0 spiro atoms. The van der Waals surface area contributed by atoms with E-state index < -0.39 is 0 Å². The van der Waals surface area contributed by atoms with E-state index in [2.05, 4.69) is 178 Å². The predicted octanol–water partition coefficient (Wildman–Crippen LogP) is 20.7. The molecule has 11 rings (SSSR count). The summed E-state index contributed by atoms with van der Waals surface area (Å²) in [6.45, 7) is 10.7. The van der Waals surface area contributed by atoms with E-state index in [1.165, 1.54) is 137 Å². The number of allylic oxidation sites excluding steroid dienone is 9. The number of nitrogens with two attached hydrogens (primary N) is 1. The SMILES string of the molecule is C=C/C=C\CC/C(C1=C(Nc2c(C3CCCCC3)c(-c3cccc(C#N)c3)c(C3CCc4c(ccc5sc6ccccc6c45)-c4ccccc43)c(-c3cccc(C(C)N)c3)c2C2CCCCC2)C=C[C@@H]1C)=C(S)/C=C\CC. The largest absolute Gasteiger partial charge is 0.355 e. The van der Waals surface area contributed by atoms with Gasteiger partial charge in [-0.1, -0.05) is 174 Å². The third kappa shape index (κ3) is 10.4. The first-order chi connectivity index (χ1) is 37.8. The fourth-order valence-electron chi connectivity index (χ4n) is 13.9. The van der Waals surface area contributed by atoms with Gasteiger partial charge in [0.2, 0.25) is 0 Å². The standard InChI is InChI=1S/C72H75N3S2/c1-5-7-9-16-33-59(62(76)35-8-6-2)65-46(3)37-41-61(65)75-72-68(49-24-12-10-13-25-49)66(52-29-21-23-48(43-52)45-73)71(67(69(72)50-26-14-11-15-27-50)53-30-22-28-51(44-53)47(4)74)58-39-38-57-56(54-31-17-18-32-55(54)58)40-42-64-70(57)60-34-19-20-36-63(60)77-64/h5,7-9,17-23,28-32,34-37,40-44,46-47,49-50,58,75-76H,1,6,10-16,24-27,33,38-39,74H2,2-4H3/b9-7-,35-8-,62-59+/t46-,47?,58?/m0/s1. The van der Waals surface area contributed by atoms with Gasteiger partial charge in [0, 0.05) is 54.3 Å². The molecular weight excluding hydrogens is 971 g/mol. The Hall–Kier alpha value is -6.42. The first-order valence-corrected chi connectivity index (χ1v) is 30.2. The quantitative estimate of drug-likeness (QED) is 0.0708. The molecule has 2 saturated carbocycles. The summed E-state index contributed by atoms with van der Waals surface area (Å²) in [6.07, 6.45) is 31.9. The monoisotopic (exact) mass is 1050 g/mol. The molecule has 4 aliphatic rings. The molecule has 77 heavy (non-hydrogen) atoms. The molecule has 5 heteroatoms. The van der Waals surface area contributed by atoms with Crippen LogP contribution in [0, 0.1) is 17.2 Å². The minimum absolute atomic E-state index is 0.0309. The molecule has 0 aliphatic heterocycles. The molecule has 0 bridgehead atoms. The lowest BCUT2D eigenvalue weighted by Crippen LogP contribution is -2.20. The summed E-state index contributed by atoms with van der Waals surface area (Å²) in [7, 11) is 0. The van der Waals surface area contributed by atoms with Gasteiger partial charge in [-0.2, -0.15) is 5.26 Å². The van der Waals surface area contributed by atoms with E-state index >= 15 is 0 Å². The Balaban J connectivity index is 1.29. The van der Waals surface area contributed by atoms with Gasteiger partial charge >= 0.3 is 0 Å². The summed E-state index contributed by atoms with van der Waals surface area (Å²) in [5.41, 5.74) is 28.8. The highest BCUT2D eigenvalue weighted by Gasteiger charge is 2.39. The lowest BCUT2D eigenvalue weighted by molar-refractivity contribution is 0.437. The minimum Gasteiger partial charge on any atom is -0.355 e. The Kier molecular flexibility index (Phi) is 16.2. The first kappa shape index (κ1) is 52.6. The maximum Gasteiger partial charge on any atom is 0.0991 e. The van der Waals surface area contributed by atoms with Crippen molar-refractivity contribution in [1.29, 1.82) is 5.26 Å². The van der Waals surface area contributed by atoms with E-state index in [1.54, 1.807) is 0 Å². The van der Waals surface area contributed by atoms with Crippen LogP contribution in [0.2, 0.25) is 0 Å². The molecule has 3 atom stereocenters. The van der Waals surface area contributed by atoms with Crippen molar-refractivity contribution in [3.8, 4) is 39.4 Å². The zero-order chi connectivity index (χ0) is 53.0. The van der Waals surface area contributed by atoms with Gasteiger partial charge in [0.1, 0.15) is 0 Å². The van der Waals surface area contributed by atoms with Crippen LogP contribution in [0.25, 0.3) is 53.6 Å². The fourth-order valence-corrected chi connectivity index (χ4v) is 15.4. The van der Waals surface area contributed by atoms with Crippen LogP contribution in [-0.4, -0.2) is 0 Å². The lowest BCUT2D eigenvalue weighted by atomic mass is 9.67. The smallest absolute Gasteiger partial charge is 0.0991 e. The number of nitrogens with one attached hydrogen (secondary N) is 1. The van der Waals surface area contributed by atoms with Crippen LogP contribution in [0.3, 0.4) is 0 Å². The number of hydrogen-bond donors (Lipinski definition) is 3. The highest BCUT2D eigenvalue weighted by molar-refractivity contribution is 7.84. The summed E-state index contributed by atoms with van der Waals surface area (Å²) < 4.78 is 2.71. The number of thiol groups is 1. The highest BCUT2D eigenvalue weighted by Crippen LogP contribution is 2.59. The van der Waals surface area contributed by atoms with Crippen molar-refractivity contribution in [3.63, 3.8) is 0 Å². The summed E-state index contributed by atoms with van der Waals surface area (Å²) in [6, 6.07) is 43.7. The first-order valence-electron chi connectivity index (χ1n) is 29.0. The Bertz CT molecular complexity index is 3560. The van der Waals surface area contributed by atoms with Crippen LogP contribution in [0.1, 0.15) is 173 Å². The molecule has 6 aromatic carbocycles. The van der Waals surface area contributed by atoms with Gasteiger partial charge in [0.15, 0.2) is 0 Å². The molecule has 1 heterocycles. The number of aryl methyl sites for hydroxylation is 1. The maximum atomic E-state index is 10.8. The molecule has 3 N–H and O–H groups in total. The molecule has 2 fully saturated rings. The summed E-state index contributed by atoms with van der Waals surface area (Å²) in [5.74, 6) is 0.859. The molecule has 7 aromatic rings. The highest BCUT2D eigenvalue weighted by atomic mass is 32.1. The van der Waals surface area contributed by atoms with Gasteiger partial charge < -0.3 is 11.1 Å². The molecule has 0 saturated heterocycles. The molecular formula is C72H75N3S2. The van der Waals surface area contributed by atoms with E-state index in [0.29, 0.717) is 17.4 Å². The van der Waals surface area contributed by atoms with Crippen LogP contribution in [0.4, 0.5) is 5.69 Å². The Morgan fingerprint density at radius 2 is 1.49 bits per heavy atom. The molecule has 0 amide bonds. The molecule has 0 radical (unpaired) electrons. The van der Waals surface area contributed by atoms with Gasteiger partial charge in [0.05, 0.1) is 11.6 Å². The zero-order valence-electron chi connectivity index (χ0n) is 45.5. The number of rotatable bonds is 15. The fraction of sp³-hybridized carbons (Fsp3) is 0.319. The van der Waals surface area contributed by atoms with Crippen molar-refractivity contribution in [2.24, 2.45) is 11.7 Å². The van der Waals surface area contributed by atoms with Gasteiger partial charge in [0.25, 0.3) is 0 Å². The van der Waals surface area contributed by atoms with Crippen molar-refractivity contribution in [2.75, 3.05) is 5.32 Å². The third-order valence-corrected chi connectivity index (χ3v) is 19.0. The number of thiophene rings is 1. The van der Waals surface area contributed by atoms with Gasteiger partial charge in [-0.3, -0.25) is 0 Å². The predicted molar refractivity (Wildman–Crippen MR) is 334 cm³/mol. The van der Waals surface area contributed by atoms with Crippen molar-refractivity contribution in [2.45, 2.75) is 141 Å². The molecule has 2 unspecified atom stereocenters. The van der Waals surface area contributed by atoms with E-state index in [4.69, 9.17) is 18.4 Å². The van der Waals surface area contributed by atoms with E-state index in [-0.39, 0.29) is 17.9 Å². The van der Waals surface area contributed by atoms with E-state index in [0.717, 1.165) is 73.8 Å². The Morgan fingerprint density at radius 1 is 0.792 bits per heavy atom. The van der Waals surface area contributed by atoms with Gasteiger partial charge in [-0.25, -0.2) is 0 Å². The van der Waals surface area contributed by atoms with Crippen LogP contribution in [-0.2, 0) is 6.42 Å². The lowest BCUT2D eigenvalue weighted by Gasteiger charge is -2.38. The van der Waals surface area contributed by atoms with Crippen LogP contribution >= 0.6 is 24.0 Å².